The molecule has 0 spiro atoms. The highest BCUT2D eigenvalue weighted by atomic mass is 19.1. The molecule has 6 heteroatoms. The summed E-state index contributed by atoms with van der Waals surface area (Å²) in [5.74, 6) is -0.516. The van der Waals surface area contributed by atoms with Crippen LogP contribution in [0.15, 0.2) is 73.2 Å². The maximum Gasteiger partial charge on any atom is 0.253 e. The number of nitrogens with one attached hydrogen (secondary N) is 3. The highest BCUT2D eigenvalue weighted by Gasteiger charge is 2.08. The third-order valence-electron chi connectivity index (χ3n) is 4.77. The van der Waals surface area contributed by atoms with Crippen LogP contribution < -0.4 is 10.6 Å². The van der Waals surface area contributed by atoms with Gasteiger partial charge in [0, 0.05) is 42.6 Å². The van der Waals surface area contributed by atoms with Gasteiger partial charge in [0.25, 0.3) is 5.91 Å². The van der Waals surface area contributed by atoms with Crippen molar-refractivity contribution in [3.05, 3.63) is 95.7 Å². The van der Waals surface area contributed by atoms with E-state index in [2.05, 4.69) is 32.7 Å². The Morgan fingerprint density at radius 2 is 1.90 bits per heavy atom. The van der Waals surface area contributed by atoms with E-state index in [0.29, 0.717) is 12.1 Å². The van der Waals surface area contributed by atoms with Crippen molar-refractivity contribution in [3.8, 4) is 0 Å². The smallest absolute Gasteiger partial charge is 0.253 e. The number of para-hydroxylation sites is 1. The van der Waals surface area contributed by atoms with Gasteiger partial charge in [-0.1, -0.05) is 30.3 Å². The zero-order valence-corrected chi connectivity index (χ0v) is 15.8. The first-order chi connectivity index (χ1) is 14.2. The van der Waals surface area contributed by atoms with Gasteiger partial charge in [-0.25, -0.2) is 4.39 Å². The summed E-state index contributed by atoms with van der Waals surface area (Å²) in [4.78, 5) is 19.8. The fraction of sp³-hybridized carbons (Fsp3) is 0.130. The number of anilines is 1. The number of aromatic amines is 1. The second kappa shape index (κ2) is 8.56. The molecule has 0 aliphatic rings. The van der Waals surface area contributed by atoms with E-state index in [1.807, 2.05) is 18.3 Å². The fourth-order valence-corrected chi connectivity index (χ4v) is 3.23. The molecule has 1 amide bonds. The summed E-state index contributed by atoms with van der Waals surface area (Å²) in [6.07, 6.45) is 6.12. The number of carbonyl (C=O) groups is 1. The maximum atomic E-state index is 13.0. The number of fused-ring (bicyclic) bond motifs is 1. The highest BCUT2D eigenvalue weighted by Crippen LogP contribution is 2.18. The number of nitrogens with zero attached hydrogens (tertiary/aromatic N) is 1. The van der Waals surface area contributed by atoms with Gasteiger partial charge >= 0.3 is 0 Å². The van der Waals surface area contributed by atoms with E-state index in [1.165, 1.54) is 29.3 Å². The average Bonchev–Trinajstić information content (AvgIpc) is 3.16. The molecule has 3 N–H and O–H groups in total. The zero-order chi connectivity index (χ0) is 20.1. The van der Waals surface area contributed by atoms with Crippen molar-refractivity contribution < 1.29 is 9.18 Å². The molecule has 0 aliphatic carbocycles. The third-order valence-corrected chi connectivity index (χ3v) is 4.77. The Morgan fingerprint density at radius 1 is 1.07 bits per heavy atom. The monoisotopic (exact) mass is 388 g/mol. The Labute approximate surface area is 168 Å². The average molecular weight is 388 g/mol. The fourth-order valence-electron chi connectivity index (χ4n) is 3.23. The summed E-state index contributed by atoms with van der Waals surface area (Å²) in [6, 6.07) is 16.0. The van der Waals surface area contributed by atoms with Gasteiger partial charge in [0.05, 0.1) is 11.3 Å². The second-order valence-corrected chi connectivity index (χ2v) is 6.81. The van der Waals surface area contributed by atoms with Crippen LogP contribution in [0.3, 0.4) is 0 Å². The first-order valence-corrected chi connectivity index (χ1v) is 9.45. The summed E-state index contributed by atoms with van der Waals surface area (Å²) < 4.78 is 13.0. The van der Waals surface area contributed by atoms with E-state index in [-0.39, 0.29) is 11.7 Å². The van der Waals surface area contributed by atoms with Crippen LogP contribution >= 0.6 is 0 Å². The lowest BCUT2D eigenvalue weighted by atomic mass is 10.1. The van der Waals surface area contributed by atoms with Gasteiger partial charge in [0.2, 0.25) is 0 Å². The normalized spacial score (nSPS) is 10.8. The summed E-state index contributed by atoms with van der Waals surface area (Å²) in [7, 11) is 0. The topological polar surface area (TPSA) is 69.8 Å². The number of rotatable bonds is 7. The van der Waals surface area contributed by atoms with Gasteiger partial charge in [-0.3, -0.25) is 9.78 Å². The predicted molar refractivity (Wildman–Crippen MR) is 112 cm³/mol. The molecule has 2 heterocycles. The predicted octanol–water partition coefficient (Wildman–Crippen LogP) is 4.29. The minimum absolute atomic E-state index is 0.220. The van der Waals surface area contributed by atoms with Crippen molar-refractivity contribution in [3.63, 3.8) is 0 Å². The second-order valence-electron chi connectivity index (χ2n) is 6.81. The van der Waals surface area contributed by atoms with E-state index in [1.54, 1.807) is 24.4 Å². The first kappa shape index (κ1) is 18.7. The van der Waals surface area contributed by atoms with Gasteiger partial charge in [-0.15, -0.1) is 0 Å². The van der Waals surface area contributed by atoms with Crippen molar-refractivity contribution in [1.82, 2.24) is 15.3 Å². The van der Waals surface area contributed by atoms with E-state index in [9.17, 15) is 9.18 Å². The molecule has 0 fully saturated rings. The molecule has 29 heavy (non-hydrogen) atoms. The largest absolute Gasteiger partial charge is 0.383 e. The van der Waals surface area contributed by atoms with E-state index >= 15 is 0 Å². The molecule has 0 bridgehead atoms. The van der Waals surface area contributed by atoms with Gasteiger partial charge < -0.3 is 15.6 Å². The van der Waals surface area contributed by atoms with Crippen LogP contribution in [0.1, 0.15) is 21.5 Å². The number of aromatic nitrogens is 2. The van der Waals surface area contributed by atoms with Crippen LogP contribution in [0.25, 0.3) is 10.9 Å². The lowest BCUT2D eigenvalue weighted by molar-refractivity contribution is 0.0950. The molecule has 0 saturated carbocycles. The van der Waals surface area contributed by atoms with Crippen LogP contribution in [0.5, 0.6) is 0 Å². The quantitative estimate of drug-likeness (QED) is 0.442. The standard InChI is InChI=1S/C23H21FN4O/c24-19-7-5-16(6-8-19)12-28-23(29)18-11-20(15-25-13-18)26-10-9-17-14-27-22-4-2-1-3-21(17)22/h1-8,11,13-15,26-27H,9-10,12H2,(H,28,29). The molecule has 0 radical (unpaired) electrons. The minimum atomic E-state index is -0.296. The van der Waals surface area contributed by atoms with Crippen LogP contribution in [-0.4, -0.2) is 22.4 Å². The number of pyridine rings is 1. The molecule has 0 aliphatic heterocycles. The van der Waals surface area contributed by atoms with Gasteiger partial charge in [0.15, 0.2) is 0 Å². The first-order valence-electron chi connectivity index (χ1n) is 9.45. The lowest BCUT2D eigenvalue weighted by Crippen LogP contribution is -2.23. The molecule has 5 nitrogen and oxygen atoms in total. The Balaban J connectivity index is 1.33. The Kier molecular flexibility index (Phi) is 5.52. The lowest BCUT2D eigenvalue weighted by Gasteiger charge is -2.09. The molecule has 0 atom stereocenters. The van der Waals surface area contributed by atoms with Crippen LogP contribution in [-0.2, 0) is 13.0 Å². The number of halogens is 1. The molecular formula is C23H21FN4O. The van der Waals surface area contributed by atoms with Crippen molar-refractivity contribution in [1.29, 1.82) is 0 Å². The number of carbonyl (C=O) groups excluding carboxylic acids is 1. The van der Waals surface area contributed by atoms with Crippen molar-refractivity contribution in [2.45, 2.75) is 13.0 Å². The van der Waals surface area contributed by atoms with E-state index in [0.717, 1.165) is 29.7 Å². The maximum absolute atomic E-state index is 13.0. The third kappa shape index (κ3) is 4.60. The van der Waals surface area contributed by atoms with Crippen molar-refractivity contribution >= 4 is 22.5 Å². The molecule has 146 valence electrons. The van der Waals surface area contributed by atoms with Crippen LogP contribution in [0.2, 0.25) is 0 Å². The molecule has 4 rings (SSSR count). The molecule has 2 aromatic heterocycles. The van der Waals surface area contributed by atoms with E-state index in [4.69, 9.17) is 0 Å². The molecule has 0 saturated heterocycles. The molecule has 0 unspecified atom stereocenters. The summed E-state index contributed by atoms with van der Waals surface area (Å²) in [5.41, 5.74) is 4.47. The van der Waals surface area contributed by atoms with Gasteiger partial charge in [0.1, 0.15) is 5.82 Å². The summed E-state index contributed by atoms with van der Waals surface area (Å²) in [6.45, 7) is 1.06. The molecular weight excluding hydrogens is 367 g/mol. The Morgan fingerprint density at radius 3 is 2.76 bits per heavy atom. The van der Waals surface area contributed by atoms with Crippen molar-refractivity contribution in [2.24, 2.45) is 0 Å². The van der Waals surface area contributed by atoms with Crippen molar-refractivity contribution in [2.75, 3.05) is 11.9 Å². The molecule has 4 aromatic rings. The SMILES string of the molecule is O=C(NCc1ccc(F)cc1)c1cncc(NCCc2c[nH]c3ccccc23)c1. The molecule has 2 aromatic carbocycles. The number of hydrogen-bond donors (Lipinski definition) is 3. The Bertz CT molecular complexity index is 1120. The number of hydrogen-bond acceptors (Lipinski definition) is 3. The van der Waals surface area contributed by atoms with Gasteiger partial charge in [-0.2, -0.15) is 0 Å². The van der Waals surface area contributed by atoms with Crippen LogP contribution in [0, 0.1) is 5.82 Å². The van der Waals surface area contributed by atoms with Crippen LogP contribution in [0.4, 0.5) is 10.1 Å². The number of benzene rings is 2. The van der Waals surface area contributed by atoms with Gasteiger partial charge in [-0.05, 0) is 41.8 Å². The highest BCUT2D eigenvalue weighted by molar-refractivity contribution is 5.94. The summed E-state index contributed by atoms with van der Waals surface area (Å²) in [5, 5.41) is 7.38. The summed E-state index contributed by atoms with van der Waals surface area (Å²) >= 11 is 0. The minimum Gasteiger partial charge on any atom is -0.383 e. The zero-order valence-electron chi connectivity index (χ0n) is 15.8. The van der Waals surface area contributed by atoms with E-state index < -0.39 is 0 Å². The Hall–Kier alpha value is -3.67. The number of H-pyrrole nitrogens is 1. The number of amides is 1.